The van der Waals surface area contributed by atoms with Gasteiger partial charge in [0.15, 0.2) is 0 Å². The average Bonchev–Trinajstić information content (AvgIpc) is 2.24. The summed E-state index contributed by atoms with van der Waals surface area (Å²) in [5, 5.41) is 9.58. The Kier molecular flexibility index (Phi) is 4.84. The molecule has 0 unspecified atom stereocenters. The van der Waals surface area contributed by atoms with Crippen LogP contribution in [0, 0.1) is 0 Å². The van der Waals surface area contributed by atoms with Crippen LogP contribution in [0.5, 0.6) is 0 Å². The van der Waals surface area contributed by atoms with E-state index < -0.39 is 5.97 Å². The maximum Gasteiger partial charge on any atom is 0.307 e. The monoisotopic (exact) mass is 258 g/mol. The summed E-state index contributed by atoms with van der Waals surface area (Å²) in [6.45, 7) is 1.95. The van der Waals surface area contributed by atoms with Crippen molar-refractivity contribution in [2.45, 2.75) is 19.8 Å². The smallest absolute Gasteiger partial charge is 0.307 e. The molecule has 0 spiro atoms. The Morgan fingerprint density at radius 3 is 2.69 bits per heavy atom. The fourth-order valence-corrected chi connectivity index (χ4v) is 1.83. The highest BCUT2D eigenvalue weighted by Crippen LogP contribution is 2.32. The molecule has 16 heavy (non-hydrogen) atoms. The Morgan fingerprint density at radius 1 is 1.44 bits per heavy atom. The van der Waals surface area contributed by atoms with E-state index in [1.807, 2.05) is 13.0 Å². The van der Waals surface area contributed by atoms with Crippen molar-refractivity contribution in [1.82, 2.24) is 0 Å². The average molecular weight is 259 g/mol. The van der Waals surface area contributed by atoms with Crippen LogP contribution < -0.4 is 0 Å². The zero-order valence-corrected chi connectivity index (χ0v) is 10.3. The Balaban J connectivity index is 3.08. The molecule has 1 aromatic rings. The molecule has 0 fully saturated rings. The first-order valence-electron chi connectivity index (χ1n) is 4.91. The van der Waals surface area contributed by atoms with Crippen LogP contribution in [0.1, 0.15) is 25.3 Å². The third-order valence-corrected chi connectivity index (χ3v) is 3.02. The molecule has 0 radical (unpaired) electrons. The molecule has 0 heterocycles. The van der Waals surface area contributed by atoms with Crippen LogP contribution in [-0.2, 0) is 4.79 Å². The van der Waals surface area contributed by atoms with Gasteiger partial charge in [0, 0.05) is 0 Å². The van der Waals surface area contributed by atoms with Gasteiger partial charge >= 0.3 is 5.97 Å². The van der Waals surface area contributed by atoms with Crippen molar-refractivity contribution in [3.05, 3.63) is 39.9 Å². The first kappa shape index (κ1) is 13.1. The van der Waals surface area contributed by atoms with Crippen molar-refractivity contribution in [1.29, 1.82) is 0 Å². The van der Waals surface area contributed by atoms with E-state index in [1.165, 1.54) is 0 Å². The zero-order chi connectivity index (χ0) is 12.1. The number of aliphatic carboxylic acids is 1. The zero-order valence-electron chi connectivity index (χ0n) is 8.84. The highest BCUT2D eigenvalue weighted by atomic mass is 35.5. The topological polar surface area (TPSA) is 37.3 Å². The summed E-state index contributed by atoms with van der Waals surface area (Å²) in [5.74, 6) is -0.857. The quantitative estimate of drug-likeness (QED) is 0.877. The molecule has 86 valence electrons. The van der Waals surface area contributed by atoms with Crippen LogP contribution >= 0.6 is 23.2 Å². The van der Waals surface area contributed by atoms with E-state index >= 15 is 0 Å². The number of hydrogen-bond acceptors (Lipinski definition) is 1. The summed E-state index contributed by atoms with van der Waals surface area (Å²) < 4.78 is 0. The van der Waals surface area contributed by atoms with E-state index in [0.29, 0.717) is 16.5 Å². The van der Waals surface area contributed by atoms with Gasteiger partial charge in [-0.05, 0) is 23.6 Å². The van der Waals surface area contributed by atoms with Crippen LogP contribution in [0.2, 0.25) is 10.0 Å². The maximum absolute atomic E-state index is 10.5. The Labute approximate surface area is 104 Å². The Morgan fingerprint density at radius 2 is 2.12 bits per heavy atom. The lowest BCUT2D eigenvalue weighted by molar-refractivity contribution is -0.135. The van der Waals surface area contributed by atoms with Crippen molar-refractivity contribution in [2.24, 2.45) is 0 Å². The highest BCUT2D eigenvalue weighted by Gasteiger charge is 2.08. The fourth-order valence-electron chi connectivity index (χ4n) is 1.41. The van der Waals surface area contributed by atoms with Gasteiger partial charge in [-0.1, -0.05) is 48.3 Å². The Bertz CT molecular complexity index is 425. The minimum atomic E-state index is -0.857. The third kappa shape index (κ3) is 3.26. The van der Waals surface area contributed by atoms with Crippen molar-refractivity contribution in [3.63, 3.8) is 0 Å². The highest BCUT2D eigenvalue weighted by molar-refractivity contribution is 6.43. The number of carboxylic acid groups (broad SMARTS) is 1. The van der Waals surface area contributed by atoms with Crippen LogP contribution in [0.4, 0.5) is 0 Å². The van der Waals surface area contributed by atoms with Crippen LogP contribution in [0.25, 0.3) is 5.57 Å². The van der Waals surface area contributed by atoms with Crippen molar-refractivity contribution < 1.29 is 9.90 Å². The molecule has 0 bridgehead atoms. The number of rotatable bonds is 4. The van der Waals surface area contributed by atoms with E-state index in [-0.39, 0.29) is 6.42 Å². The molecule has 2 nitrogen and oxygen atoms in total. The number of allylic oxidation sites excluding steroid dienone is 1. The molecule has 0 amide bonds. The lowest BCUT2D eigenvalue weighted by Gasteiger charge is -2.08. The third-order valence-electron chi connectivity index (χ3n) is 2.20. The molecule has 1 N–H and O–H groups in total. The lowest BCUT2D eigenvalue weighted by Crippen LogP contribution is -1.93. The van der Waals surface area contributed by atoms with Gasteiger partial charge in [-0.25, -0.2) is 0 Å². The fraction of sp³-hybridized carbons (Fsp3) is 0.250. The van der Waals surface area contributed by atoms with Gasteiger partial charge < -0.3 is 5.11 Å². The van der Waals surface area contributed by atoms with Crippen molar-refractivity contribution in [3.8, 4) is 0 Å². The molecular weight excluding hydrogens is 247 g/mol. The molecule has 0 aliphatic carbocycles. The summed E-state index contributed by atoms with van der Waals surface area (Å²) in [6.07, 6.45) is 2.37. The van der Waals surface area contributed by atoms with Crippen molar-refractivity contribution in [2.75, 3.05) is 0 Å². The molecule has 0 aromatic heterocycles. The SMILES string of the molecule is CC/C(=C\CC(=O)O)c1cccc(Cl)c1Cl. The van der Waals surface area contributed by atoms with Gasteiger partial charge in [0.25, 0.3) is 0 Å². The normalized spacial score (nSPS) is 11.6. The minimum absolute atomic E-state index is 0.00792. The summed E-state index contributed by atoms with van der Waals surface area (Å²) in [6, 6.07) is 5.34. The van der Waals surface area contributed by atoms with Gasteiger partial charge in [0.05, 0.1) is 16.5 Å². The number of halogens is 2. The Hall–Kier alpha value is -0.990. The minimum Gasteiger partial charge on any atom is -0.481 e. The molecule has 1 rings (SSSR count). The molecule has 0 saturated heterocycles. The largest absolute Gasteiger partial charge is 0.481 e. The van der Waals surface area contributed by atoms with E-state index in [1.54, 1.807) is 18.2 Å². The number of carbonyl (C=O) groups is 1. The lowest BCUT2D eigenvalue weighted by atomic mass is 10.0. The molecule has 0 saturated carbocycles. The van der Waals surface area contributed by atoms with Crippen LogP contribution in [0.3, 0.4) is 0 Å². The van der Waals surface area contributed by atoms with Gasteiger partial charge in [0.1, 0.15) is 0 Å². The van der Waals surface area contributed by atoms with Crippen LogP contribution in [-0.4, -0.2) is 11.1 Å². The molecule has 1 aromatic carbocycles. The standard InChI is InChI=1S/C12H12Cl2O2/c1-2-8(6-7-11(15)16)9-4-3-5-10(13)12(9)14/h3-6H,2,7H2,1H3,(H,15,16)/b8-6+. The van der Waals surface area contributed by atoms with Gasteiger partial charge in [0.2, 0.25) is 0 Å². The summed E-state index contributed by atoms with van der Waals surface area (Å²) in [7, 11) is 0. The van der Waals surface area contributed by atoms with E-state index in [4.69, 9.17) is 28.3 Å². The second kappa shape index (κ2) is 5.92. The van der Waals surface area contributed by atoms with Crippen molar-refractivity contribution >= 4 is 34.7 Å². The summed E-state index contributed by atoms with van der Waals surface area (Å²) >= 11 is 12.0. The van der Waals surface area contributed by atoms with Gasteiger partial charge in [-0.15, -0.1) is 0 Å². The van der Waals surface area contributed by atoms with Gasteiger partial charge in [-0.2, -0.15) is 0 Å². The second-order valence-electron chi connectivity index (χ2n) is 3.28. The van der Waals surface area contributed by atoms with Gasteiger partial charge in [-0.3, -0.25) is 4.79 Å². The second-order valence-corrected chi connectivity index (χ2v) is 4.07. The van der Waals surface area contributed by atoms with Crippen LogP contribution in [0.15, 0.2) is 24.3 Å². The molecule has 4 heteroatoms. The molecule has 0 aliphatic heterocycles. The molecular formula is C12H12Cl2O2. The molecule has 0 aliphatic rings. The molecule has 0 atom stereocenters. The predicted molar refractivity (Wildman–Crippen MR) is 67.0 cm³/mol. The van der Waals surface area contributed by atoms with E-state index in [9.17, 15) is 4.79 Å². The predicted octanol–water partition coefficient (Wildman–Crippen LogP) is 4.26. The van der Waals surface area contributed by atoms with E-state index in [2.05, 4.69) is 0 Å². The number of hydrogen-bond donors (Lipinski definition) is 1. The maximum atomic E-state index is 10.5. The number of carboxylic acids is 1. The first-order chi connectivity index (χ1) is 7.56. The summed E-state index contributed by atoms with van der Waals surface area (Å²) in [5.41, 5.74) is 1.70. The van der Waals surface area contributed by atoms with E-state index in [0.717, 1.165) is 11.1 Å². The number of benzene rings is 1. The first-order valence-corrected chi connectivity index (χ1v) is 5.67. The summed E-state index contributed by atoms with van der Waals surface area (Å²) in [4.78, 5) is 10.5.